The Labute approximate surface area is 272 Å². The van der Waals surface area contributed by atoms with Crippen molar-refractivity contribution in [2.24, 2.45) is 0 Å². The number of benzene rings is 4. The highest BCUT2D eigenvalue weighted by atomic mass is 19.2. The molecule has 1 N–H and O–H groups in total. The van der Waals surface area contributed by atoms with Gasteiger partial charge in [0.05, 0.1) is 12.1 Å². The van der Waals surface area contributed by atoms with Gasteiger partial charge in [0.2, 0.25) is 5.78 Å². The number of carbonyl (C=O) groups is 2. The van der Waals surface area contributed by atoms with E-state index in [-0.39, 0.29) is 36.3 Å². The number of nitrogens with zero attached hydrogens (tertiary/aromatic N) is 3. The Morgan fingerprint density at radius 2 is 1.50 bits per heavy atom. The molecule has 1 aliphatic rings. The number of ketones is 1. The Balaban J connectivity index is 1.25. The van der Waals surface area contributed by atoms with E-state index in [0.717, 1.165) is 33.2 Å². The van der Waals surface area contributed by atoms with Crippen LogP contribution < -0.4 is 10.5 Å². The van der Waals surface area contributed by atoms with Crippen molar-refractivity contribution in [2.75, 3.05) is 31.1 Å². The molecule has 244 valence electrons. The average Bonchev–Trinajstić information content (AvgIpc) is 3.08. The number of piperazine rings is 1. The topological polar surface area (TPSA) is 82.8 Å². The van der Waals surface area contributed by atoms with E-state index in [1.54, 1.807) is 6.07 Å². The molecule has 2 heterocycles. The highest BCUT2D eigenvalue weighted by Crippen LogP contribution is 2.28. The Kier molecular flexibility index (Phi) is 9.11. The van der Waals surface area contributed by atoms with Gasteiger partial charge in [-0.25, -0.2) is 17.6 Å². The first kappa shape index (κ1) is 32.2. The van der Waals surface area contributed by atoms with Crippen molar-refractivity contribution in [3.8, 4) is 0 Å². The number of halogens is 4. The molecule has 4 aromatic carbocycles. The highest BCUT2D eigenvalue weighted by molar-refractivity contribution is 6.41. The van der Waals surface area contributed by atoms with Gasteiger partial charge in [-0.15, -0.1) is 0 Å². The maximum absolute atomic E-state index is 14.5. The lowest BCUT2D eigenvalue weighted by Gasteiger charge is -2.36. The number of aliphatic hydroxyl groups excluding tert-OH is 1. The van der Waals surface area contributed by atoms with E-state index in [9.17, 15) is 37.1 Å². The van der Waals surface area contributed by atoms with Gasteiger partial charge < -0.3 is 19.5 Å². The predicted molar refractivity (Wildman–Crippen MR) is 174 cm³/mol. The number of rotatable bonds is 8. The van der Waals surface area contributed by atoms with E-state index in [4.69, 9.17) is 0 Å². The predicted octanol–water partition coefficient (Wildman–Crippen LogP) is 6.01. The number of anilines is 1. The maximum Gasteiger partial charge on any atom is 0.294 e. The van der Waals surface area contributed by atoms with Gasteiger partial charge in [0.1, 0.15) is 17.4 Å². The van der Waals surface area contributed by atoms with Gasteiger partial charge in [0.15, 0.2) is 11.6 Å². The monoisotopic (exact) mass is 655 g/mol. The Bertz CT molecular complexity index is 2130. The zero-order valence-electron chi connectivity index (χ0n) is 25.5. The summed E-state index contributed by atoms with van der Waals surface area (Å²) in [6, 6.07) is 21.9. The van der Waals surface area contributed by atoms with Crippen LogP contribution in [-0.2, 0) is 22.6 Å². The first-order valence-electron chi connectivity index (χ1n) is 15.2. The van der Waals surface area contributed by atoms with Gasteiger partial charge in [0.25, 0.3) is 11.5 Å². The van der Waals surface area contributed by atoms with Gasteiger partial charge in [-0.05, 0) is 40.8 Å². The summed E-state index contributed by atoms with van der Waals surface area (Å²) in [5.41, 5.74) is -0.409. The standard InChI is InChI=1S/C37H29F4N3O4/c38-27-18-26(35(41)31(40)19-27)16-23-17-29(36(47)44(21-23)22-25-7-2-4-10-30(25)39)33(45)20-34(46)37(48)43-14-12-42(13-15-43)32-11-5-8-24-6-1-3-9-28(24)32/h1-11,17-21,45H,12-16,22H2/b33-20-. The molecule has 0 aliphatic carbocycles. The summed E-state index contributed by atoms with van der Waals surface area (Å²) in [7, 11) is 0. The van der Waals surface area contributed by atoms with Crippen molar-refractivity contribution >= 4 is 33.9 Å². The molecule has 0 unspecified atom stereocenters. The summed E-state index contributed by atoms with van der Waals surface area (Å²) in [4.78, 5) is 43.1. The molecule has 1 aliphatic heterocycles. The van der Waals surface area contributed by atoms with Crippen molar-refractivity contribution in [3.05, 3.63) is 153 Å². The zero-order valence-corrected chi connectivity index (χ0v) is 25.5. The van der Waals surface area contributed by atoms with Crippen LogP contribution in [0.4, 0.5) is 23.2 Å². The molecule has 1 saturated heterocycles. The summed E-state index contributed by atoms with van der Waals surface area (Å²) < 4.78 is 57.9. The molecule has 1 amide bonds. The van der Waals surface area contributed by atoms with Gasteiger partial charge in [0, 0.05) is 67.6 Å². The summed E-state index contributed by atoms with van der Waals surface area (Å²) in [6.07, 6.45) is 1.47. The molecule has 0 atom stereocenters. The van der Waals surface area contributed by atoms with Gasteiger partial charge in [-0.3, -0.25) is 14.4 Å². The number of aromatic nitrogens is 1. The Morgan fingerprint density at radius 1 is 0.792 bits per heavy atom. The molecule has 7 nitrogen and oxygen atoms in total. The Hall–Kier alpha value is -5.71. The molecule has 1 fully saturated rings. The lowest BCUT2D eigenvalue weighted by molar-refractivity contribution is -0.142. The van der Waals surface area contributed by atoms with Crippen LogP contribution >= 0.6 is 0 Å². The third-order valence-corrected chi connectivity index (χ3v) is 8.33. The van der Waals surface area contributed by atoms with Crippen LogP contribution in [0.25, 0.3) is 16.5 Å². The average molecular weight is 656 g/mol. The smallest absolute Gasteiger partial charge is 0.294 e. The minimum atomic E-state index is -1.41. The quantitative estimate of drug-likeness (QED) is 0.0728. The van der Waals surface area contributed by atoms with Crippen molar-refractivity contribution in [3.63, 3.8) is 0 Å². The molecule has 1 aromatic heterocycles. The molecule has 0 radical (unpaired) electrons. The van der Waals surface area contributed by atoms with Crippen LogP contribution in [0.2, 0.25) is 0 Å². The fraction of sp³-hybridized carbons (Fsp3) is 0.162. The molecular weight excluding hydrogens is 626 g/mol. The lowest BCUT2D eigenvalue weighted by atomic mass is 10.0. The molecule has 48 heavy (non-hydrogen) atoms. The highest BCUT2D eigenvalue weighted by Gasteiger charge is 2.27. The number of amides is 1. The first-order valence-corrected chi connectivity index (χ1v) is 15.2. The van der Waals surface area contributed by atoms with Crippen LogP contribution in [0.15, 0.2) is 102 Å². The summed E-state index contributed by atoms with van der Waals surface area (Å²) in [6.45, 7) is 1.09. The Morgan fingerprint density at radius 3 is 2.27 bits per heavy atom. The molecule has 0 spiro atoms. The van der Waals surface area contributed by atoms with Crippen molar-refractivity contribution in [2.45, 2.75) is 13.0 Å². The van der Waals surface area contributed by atoms with Gasteiger partial charge >= 0.3 is 0 Å². The summed E-state index contributed by atoms with van der Waals surface area (Å²) >= 11 is 0. The number of hydrogen-bond acceptors (Lipinski definition) is 5. The van der Waals surface area contributed by atoms with E-state index in [2.05, 4.69) is 4.90 Å². The first-order chi connectivity index (χ1) is 23.1. The van der Waals surface area contributed by atoms with Crippen LogP contribution in [0, 0.1) is 23.3 Å². The van der Waals surface area contributed by atoms with E-state index in [1.165, 1.54) is 29.3 Å². The number of hydrogen-bond donors (Lipinski definition) is 1. The minimum absolute atomic E-state index is 0.114. The van der Waals surface area contributed by atoms with E-state index in [0.29, 0.717) is 25.2 Å². The minimum Gasteiger partial charge on any atom is -0.507 e. The van der Waals surface area contributed by atoms with E-state index in [1.807, 2.05) is 42.5 Å². The summed E-state index contributed by atoms with van der Waals surface area (Å²) in [5, 5.41) is 13.1. The van der Waals surface area contributed by atoms with E-state index < -0.39 is 58.3 Å². The van der Waals surface area contributed by atoms with Crippen LogP contribution in [-0.4, -0.2) is 52.4 Å². The summed E-state index contributed by atoms with van der Waals surface area (Å²) in [5.74, 6) is -7.14. The lowest BCUT2D eigenvalue weighted by Crippen LogP contribution is -2.50. The third-order valence-electron chi connectivity index (χ3n) is 8.33. The number of carbonyl (C=O) groups excluding carboxylic acids is 2. The van der Waals surface area contributed by atoms with Crippen LogP contribution in [0.5, 0.6) is 0 Å². The molecule has 5 aromatic rings. The second-order valence-electron chi connectivity index (χ2n) is 11.5. The second-order valence-corrected chi connectivity index (χ2v) is 11.5. The molecular formula is C37H29F4N3O4. The second kappa shape index (κ2) is 13.6. The fourth-order valence-corrected chi connectivity index (χ4v) is 5.92. The number of fused-ring (bicyclic) bond motifs is 1. The SMILES string of the molecule is O=C(/C=C(\O)c1cc(Cc2cc(F)cc(F)c2F)cn(Cc2ccccc2F)c1=O)C(=O)N1CCN(c2cccc3ccccc23)CC1. The molecule has 0 saturated carbocycles. The van der Waals surface area contributed by atoms with Gasteiger partial charge in [-0.1, -0.05) is 54.6 Å². The number of pyridine rings is 1. The molecule has 11 heteroatoms. The normalized spacial score (nSPS) is 13.6. The fourth-order valence-electron chi connectivity index (χ4n) is 5.92. The largest absolute Gasteiger partial charge is 0.507 e. The number of aliphatic hydroxyl groups is 1. The zero-order chi connectivity index (χ0) is 33.9. The van der Waals surface area contributed by atoms with E-state index >= 15 is 0 Å². The molecule has 6 rings (SSSR count). The van der Waals surface area contributed by atoms with Crippen LogP contribution in [0.3, 0.4) is 0 Å². The molecule has 0 bridgehead atoms. The van der Waals surface area contributed by atoms with Crippen molar-refractivity contribution < 1.29 is 32.3 Å². The third kappa shape index (κ3) is 6.71. The maximum atomic E-state index is 14.5. The van der Waals surface area contributed by atoms with Crippen LogP contribution in [0.1, 0.15) is 22.3 Å². The van der Waals surface area contributed by atoms with Crippen molar-refractivity contribution in [1.29, 1.82) is 0 Å². The van der Waals surface area contributed by atoms with Crippen molar-refractivity contribution in [1.82, 2.24) is 9.47 Å². The van der Waals surface area contributed by atoms with Gasteiger partial charge in [-0.2, -0.15) is 0 Å².